The molecule has 0 amide bonds. The van der Waals surface area contributed by atoms with E-state index in [1.807, 2.05) is 4.72 Å². The zero-order valence-electron chi connectivity index (χ0n) is 7.71. The number of carbonyl (C=O) groups is 1. The van der Waals surface area contributed by atoms with E-state index in [-0.39, 0.29) is 12.2 Å². The van der Waals surface area contributed by atoms with Gasteiger partial charge in [-0.1, -0.05) is 0 Å². The summed E-state index contributed by atoms with van der Waals surface area (Å²) >= 11 is 0. The van der Waals surface area contributed by atoms with E-state index in [4.69, 9.17) is 5.11 Å². The fourth-order valence-electron chi connectivity index (χ4n) is 1.29. The van der Waals surface area contributed by atoms with E-state index >= 15 is 0 Å². The van der Waals surface area contributed by atoms with Crippen LogP contribution < -0.4 is 4.72 Å². The maximum Gasteiger partial charge on any atom is 0.318 e. The van der Waals surface area contributed by atoms with Crippen LogP contribution in [0.2, 0.25) is 0 Å². The van der Waals surface area contributed by atoms with E-state index in [0.29, 0.717) is 0 Å². The van der Waals surface area contributed by atoms with E-state index in [2.05, 4.69) is 0 Å². The third-order valence-corrected chi connectivity index (χ3v) is 5.86. The number of hydrogen-bond acceptors (Lipinski definition) is 5. The van der Waals surface area contributed by atoms with E-state index in [9.17, 15) is 21.6 Å². The minimum absolute atomic E-state index is 0.0251. The summed E-state index contributed by atoms with van der Waals surface area (Å²) in [6, 6.07) is 0. The van der Waals surface area contributed by atoms with Crippen molar-refractivity contribution in [3.63, 3.8) is 0 Å². The molecule has 7 nitrogen and oxygen atoms in total. The van der Waals surface area contributed by atoms with Gasteiger partial charge in [0.25, 0.3) is 0 Å². The lowest BCUT2D eigenvalue weighted by molar-refractivity contribution is -0.135. The molecule has 9 heteroatoms. The van der Waals surface area contributed by atoms with Gasteiger partial charge in [0, 0.05) is 0 Å². The van der Waals surface area contributed by atoms with Crippen LogP contribution >= 0.6 is 0 Å². The molecular formula is C6H11NO6S2. The van der Waals surface area contributed by atoms with Gasteiger partial charge in [-0.25, -0.2) is 21.6 Å². The molecule has 0 aromatic rings. The summed E-state index contributed by atoms with van der Waals surface area (Å²) in [6.45, 7) is -0.723. The smallest absolute Gasteiger partial charge is 0.318 e. The third-order valence-electron chi connectivity index (χ3n) is 2.05. The van der Waals surface area contributed by atoms with Gasteiger partial charge in [0.1, 0.15) is 6.54 Å². The molecule has 0 aromatic heterocycles. The first kappa shape index (κ1) is 12.4. The summed E-state index contributed by atoms with van der Waals surface area (Å²) in [4.78, 5) is 10.1. The van der Waals surface area contributed by atoms with Crippen molar-refractivity contribution in [2.45, 2.75) is 11.7 Å². The summed E-state index contributed by atoms with van der Waals surface area (Å²) in [7, 11) is -7.12. The van der Waals surface area contributed by atoms with Gasteiger partial charge in [0.2, 0.25) is 10.0 Å². The molecule has 1 heterocycles. The lowest BCUT2D eigenvalue weighted by atomic mass is 10.4. The van der Waals surface area contributed by atoms with Crippen LogP contribution in [0.3, 0.4) is 0 Å². The highest BCUT2D eigenvalue weighted by molar-refractivity contribution is 7.95. The van der Waals surface area contributed by atoms with Gasteiger partial charge in [0.05, 0.1) is 16.8 Å². The Hall–Kier alpha value is -0.670. The second kappa shape index (κ2) is 4.06. The summed E-state index contributed by atoms with van der Waals surface area (Å²) in [5, 5.41) is 7.25. The average Bonchev–Trinajstić information content (AvgIpc) is 2.43. The largest absolute Gasteiger partial charge is 0.480 e. The maximum atomic E-state index is 11.4. The standard InChI is InChI=1S/C6H11NO6S2/c8-6(9)3-7-15(12,13)5-1-2-14(10,11)4-5/h5,7H,1-4H2,(H,8,9). The molecule has 0 bridgehead atoms. The molecule has 1 fully saturated rings. The molecule has 15 heavy (non-hydrogen) atoms. The minimum atomic E-state index is -3.84. The number of carboxylic acids is 1. The summed E-state index contributed by atoms with van der Waals surface area (Å²) in [5.41, 5.74) is 0. The molecule has 0 aromatic carbocycles. The fourth-order valence-corrected chi connectivity index (χ4v) is 5.31. The lowest BCUT2D eigenvalue weighted by Gasteiger charge is -2.09. The summed E-state index contributed by atoms with van der Waals surface area (Å²) < 4.78 is 46.7. The van der Waals surface area contributed by atoms with Crippen LogP contribution in [0, 0.1) is 0 Å². The Morgan fingerprint density at radius 3 is 2.47 bits per heavy atom. The Morgan fingerprint density at radius 2 is 2.07 bits per heavy atom. The molecule has 0 aliphatic carbocycles. The highest BCUT2D eigenvalue weighted by atomic mass is 32.2. The van der Waals surface area contributed by atoms with Gasteiger partial charge >= 0.3 is 5.97 Å². The van der Waals surface area contributed by atoms with Crippen molar-refractivity contribution in [1.82, 2.24) is 4.72 Å². The summed E-state index contributed by atoms with van der Waals surface area (Å²) in [5.74, 6) is -1.90. The molecule has 0 spiro atoms. The molecule has 1 aliphatic rings. The topological polar surface area (TPSA) is 118 Å². The van der Waals surface area contributed by atoms with Crippen LogP contribution in [0.1, 0.15) is 6.42 Å². The van der Waals surface area contributed by atoms with E-state index in [1.54, 1.807) is 0 Å². The first-order valence-corrected chi connectivity index (χ1v) is 7.50. The molecule has 1 aliphatic heterocycles. The first-order valence-electron chi connectivity index (χ1n) is 4.14. The lowest BCUT2D eigenvalue weighted by Crippen LogP contribution is -2.37. The zero-order valence-corrected chi connectivity index (χ0v) is 9.34. The second-order valence-electron chi connectivity index (χ2n) is 3.28. The molecule has 2 N–H and O–H groups in total. The highest BCUT2D eigenvalue weighted by Crippen LogP contribution is 2.17. The molecule has 1 unspecified atom stereocenters. The number of carboxylic acid groups (broad SMARTS) is 1. The van der Waals surface area contributed by atoms with Crippen molar-refractivity contribution >= 4 is 25.8 Å². The number of sulfone groups is 1. The molecule has 0 radical (unpaired) electrons. The van der Waals surface area contributed by atoms with Crippen LogP contribution in [0.5, 0.6) is 0 Å². The van der Waals surface area contributed by atoms with Crippen LogP contribution in [-0.4, -0.2) is 51.2 Å². The van der Waals surface area contributed by atoms with Crippen molar-refractivity contribution in [3.8, 4) is 0 Å². The predicted molar refractivity (Wildman–Crippen MR) is 51.6 cm³/mol. The van der Waals surface area contributed by atoms with Crippen LogP contribution in [0.4, 0.5) is 0 Å². The van der Waals surface area contributed by atoms with Crippen LogP contribution in [-0.2, 0) is 24.7 Å². The Labute approximate surface area is 87.4 Å². The maximum absolute atomic E-state index is 11.4. The van der Waals surface area contributed by atoms with E-state index in [1.165, 1.54) is 0 Å². The van der Waals surface area contributed by atoms with Gasteiger partial charge in [-0.3, -0.25) is 4.79 Å². The van der Waals surface area contributed by atoms with Crippen molar-refractivity contribution in [2.75, 3.05) is 18.1 Å². The Bertz CT molecular complexity index is 450. The number of nitrogens with one attached hydrogen (secondary N) is 1. The number of sulfonamides is 1. The van der Waals surface area contributed by atoms with E-state index in [0.717, 1.165) is 0 Å². The van der Waals surface area contributed by atoms with Gasteiger partial charge in [0.15, 0.2) is 9.84 Å². The Balaban J connectivity index is 2.68. The van der Waals surface area contributed by atoms with E-state index < -0.39 is 43.4 Å². The van der Waals surface area contributed by atoms with Gasteiger partial charge in [-0.2, -0.15) is 0 Å². The Kier molecular flexibility index (Phi) is 3.36. The second-order valence-corrected chi connectivity index (χ2v) is 7.56. The molecule has 1 atom stereocenters. The van der Waals surface area contributed by atoms with Crippen molar-refractivity contribution < 1.29 is 26.7 Å². The molecule has 88 valence electrons. The Morgan fingerprint density at radius 1 is 1.47 bits per heavy atom. The quantitative estimate of drug-likeness (QED) is 0.612. The number of aliphatic carboxylic acids is 1. The molecule has 0 saturated carbocycles. The van der Waals surface area contributed by atoms with Crippen LogP contribution in [0.25, 0.3) is 0 Å². The van der Waals surface area contributed by atoms with Gasteiger partial charge in [-0.05, 0) is 6.42 Å². The monoisotopic (exact) mass is 257 g/mol. The third kappa shape index (κ3) is 3.43. The zero-order chi connectivity index (χ0) is 11.7. The predicted octanol–water partition coefficient (Wildman–Crippen LogP) is -1.82. The average molecular weight is 257 g/mol. The molecular weight excluding hydrogens is 246 g/mol. The van der Waals surface area contributed by atoms with Crippen molar-refractivity contribution in [2.24, 2.45) is 0 Å². The van der Waals surface area contributed by atoms with Gasteiger partial charge < -0.3 is 5.11 Å². The highest BCUT2D eigenvalue weighted by Gasteiger charge is 2.37. The van der Waals surface area contributed by atoms with Crippen molar-refractivity contribution in [1.29, 1.82) is 0 Å². The first-order chi connectivity index (χ1) is 6.73. The molecule has 1 rings (SSSR count). The number of rotatable bonds is 4. The van der Waals surface area contributed by atoms with Gasteiger partial charge in [-0.15, -0.1) is 0 Å². The fraction of sp³-hybridized carbons (Fsp3) is 0.833. The van der Waals surface area contributed by atoms with Crippen LogP contribution in [0.15, 0.2) is 0 Å². The normalized spacial score (nSPS) is 25.2. The minimum Gasteiger partial charge on any atom is -0.480 e. The van der Waals surface area contributed by atoms with Crippen molar-refractivity contribution in [3.05, 3.63) is 0 Å². The molecule has 1 saturated heterocycles. The SMILES string of the molecule is O=C(O)CNS(=O)(=O)C1CCS(=O)(=O)C1. The summed E-state index contributed by atoms with van der Waals surface area (Å²) in [6.07, 6.45) is 0.0251. The number of hydrogen-bond donors (Lipinski definition) is 2.